The van der Waals surface area contributed by atoms with E-state index < -0.39 is 0 Å². The van der Waals surface area contributed by atoms with Gasteiger partial charge in [-0.3, -0.25) is 4.79 Å². The van der Waals surface area contributed by atoms with Crippen molar-refractivity contribution >= 4 is 5.91 Å². The van der Waals surface area contributed by atoms with Crippen LogP contribution in [0.3, 0.4) is 0 Å². The highest BCUT2D eigenvalue weighted by molar-refractivity contribution is 5.76. The number of carbonyl (C=O) groups is 1. The largest absolute Gasteiger partial charge is 0.396 e. The smallest absolute Gasteiger partial charge is 0.220 e. The van der Waals surface area contributed by atoms with Gasteiger partial charge in [0.2, 0.25) is 5.91 Å². The highest BCUT2D eigenvalue weighted by Gasteiger charge is 2.37. The molecular formula is C11H22N2O2. The topological polar surface area (TPSA) is 75.4 Å². The van der Waals surface area contributed by atoms with Gasteiger partial charge in [-0.25, -0.2) is 0 Å². The summed E-state index contributed by atoms with van der Waals surface area (Å²) < 4.78 is 0. The zero-order valence-electron chi connectivity index (χ0n) is 9.30. The van der Waals surface area contributed by atoms with Crippen molar-refractivity contribution in [2.24, 2.45) is 11.1 Å². The lowest BCUT2D eigenvalue weighted by atomic mass is 9.66. The van der Waals surface area contributed by atoms with Gasteiger partial charge in [-0.15, -0.1) is 0 Å². The minimum absolute atomic E-state index is 0.0983. The number of carbonyl (C=O) groups excluding carboxylic acids is 1. The van der Waals surface area contributed by atoms with Gasteiger partial charge in [-0.05, 0) is 37.6 Å². The summed E-state index contributed by atoms with van der Waals surface area (Å²) in [6.45, 7) is 1.49. The first-order valence-corrected chi connectivity index (χ1v) is 5.80. The molecule has 4 heteroatoms. The lowest BCUT2D eigenvalue weighted by Crippen LogP contribution is -2.42. The lowest BCUT2D eigenvalue weighted by Gasteiger charge is -2.40. The van der Waals surface area contributed by atoms with Gasteiger partial charge in [0.05, 0.1) is 0 Å². The first-order valence-electron chi connectivity index (χ1n) is 5.80. The van der Waals surface area contributed by atoms with Crippen LogP contribution in [0.2, 0.25) is 0 Å². The highest BCUT2D eigenvalue weighted by Crippen LogP contribution is 2.42. The van der Waals surface area contributed by atoms with Crippen molar-refractivity contribution in [2.45, 2.75) is 38.5 Å². The van der Waals surface area contributed by atoms with Crippen molar-refractivity contribution in [2.75, 3.05) is 19.7 Å². The molecule has 0 radical (unpaired) electrons. The van der Waals surface area contributed by atoms with Gasteiger partial charge in [0.1, 0.15) is 0 Å². The van der Waals surface area contributed by atoms with Crippen LogP contribution in [0, 0.1) is 5.41 Å². The molecule has 4 nitrogen and oxygen atoms in total. The molecule has 0 saturated heterocycles. The molecule has 88 valence electrons. The number of hydrogen-bond acceptors (Lipinski definition) is 3. The Kier molecular flexibility index (Phi) is 5.05. The molecule has 0 unspecified atom stereocenters. The molecule has 1 saturated carbocycles. The van der Waals surface area contributed by atoms with E-state index >= 15 is 0 Å². The first-order chi connectivity index (χ1) is 7.22. The van der Waals surface area contributed by atoms with Gasteiger partial charge in [0.25, 0.3) is 0 Å². The maximum atomic E-state index is 11.5. The Morgan fingerprint density at radius 2 is 2.13 bits per heavy atom. The van der Waals surface area contributed by atoms with E-state index in [1.165, 1.54) is 6.42 Å². The number of aliphatic hydroxyl groups is 1. The van der Waals surface area contributed by atoms with Crippen LogP contribution in [0.25, 0.3) is 0 Å². The third-order valence-corrected chi connectivity index (χ3v) is 3.29. The van der Waals surface area contributed by atoms with E-state index in [1.54, 1.807) is 0 Å². The Hall–Kier alpha value is -0.610. The van der Waals surface area contributed by atoms with E-state index in [1.807, 2.05) is 0 Å². The maximum absolute atomic E-state index is 11.5. The molecule has 15 heavy (non-hydrogen) atoms. The Labute approximate surface area is 91.2 Å². The molecular weight excluding hydrogens is 192 g/mol. The predicted molar refractivity (Wildman–Crippen MR) is 59.3 cm³/mol. The van der Waals surface area contributed by atoms with Gasteiger partial charge >= 0.3 is 0 Å². The second kappa shape index (κ2) is 6.08. The van der Waals surface area contributed by atoms with Crippen LogP contribution in [0.5, 0.6) is 0 Å². The van der Waals surface area contributed by atoms with Crippen LogP contribution in [-0.4, -0.2) is 30.7 Å². The number of nitrogens with two attached hydrogens (primary N) is 1. The third-order valence-electron chi connectivity index (χ3n) is 3.29. The fourth-order valence-electron chi connectivity index (χ4n) is 2.00. The number of aliphatic hydroxyl groups excluding tert-OH is 1. The Balaban J connectivity index is 2.12. The van der Waals surface area contributed by atoms with Crippen molar-refractivity contribution in [3.05, 3.63) is 0 Å². The van der Waals surface area contributed by atoms with E-state index in [0.29, 0.717) is 19.5 Å². The fourth-order valence-corrected chi connectivity index (χ4v) is 2.00. The van der Waals surface area contributed by atoms with Crippen LogP contribution in [0.15, 0.2) is 0 Å². The summed E-state index contributed by atoms with van der Waals surface area (Å²) in [6.07, 6.45) is 5.55. The molecule has 4 N–H and O–H groups in total. The van der Waals surface area contributed by atoms with Gasteiger partial charge < -0.3 is 16.2 Å². The predicted octanol–water partition coefficient (Wildman–Crippen LogP) is 0.394. The second-order valence-electron chi connectivity index (χ2n) is 4.52. The molecule has 1 aliphatic carbocycles. The van der Waals surface area contributed by atoms with Crippen LogP contribution in [0.4, 0.5) is 0 Å². The van der Waals surface area contributed by atoms with Gasteiger partial charge in [0, 0.05) is 19.6 Å². The van der Waals surface area contributed by atoms with Gasteiger partial charge in [-0.1, -0.05) is 6.42 Å². The summed E-state index contributed by atoms with van der Waals surface area (Å²) >= 11 is 0. The molecule has 0 heterocycles. The van der Waals surface area contributed by atoms with Crippen LogP contribution in [0.1, 0.15) is 38.5 Å². The second-order valence-corrected chi connectivity index (χ2v) is 4.52. The Bertz CT molecular complexity index is 197. The van der Waals surface area contributed by atoms with Crippen molar-refractivity contribution in [1.29, 1.82) is 0 Å². The molecule has 0 spiro atoms. The number of amides is 1. The number of hydrogen-bond donors (Lipinski definition) is 3. The Morgan fingerprint density at radius 1 is 1.40 bits per heavy atom. The van der Waals surface area contributed by atoms with Crippen molar-refractivity contribution in [1.82, 2.24) is 5.32 Å². The van der Waals surface area contributed by atoms with Gasteiger partial charge in [0.15, 0.2) is 0 Å². The van der Waals surface area contributed by atoms with Crippen LogP contribution >= 0.6 is 0 Å². The van der Waals surface area contributed by atoms with Crippen LogP contribution in [-0.2, 0) is 4.79 Å². The zero-order valence-corrected chi connectivity index (χ0v) is 9.30. The number of unbranched alkanes of at least 4 members (excludes halogenated alkanes) is 1. The summed E-state index contributed by atoms with van der Waals surface area (Å²) in [6, 6.07) is 0. The maximum Gasteiger partial charge on any atom is 0.220 e. The average molecular weight is 214 g/mol. The lowest BCUT2D eigenvalue weighted by molar-refractivity contribution is -0.124. The normalized spacial score (nSPS) is 18.3. The standard InChI is InChI=1S/C11H22N2O2/c12-9-11(4-3-5-11)8-10(15)13-6-1-2-7-14/h14H,1-9,12H2,(H,13,15). The van der Waals surface area contributed by atoms with E-state index in [4.69, 9.17) is 10.8 Å². The molecule has 1 fully saturated rings. The molecule has 0 aliphatic heterocycles. The minimum Gasteiger partial charge on any atom is -0.396 e. The molecule has 0 bridgehead atoms. The number of nitrogens with one attached hydrogen (secondary N) is 1. The van der Waals surface area contributed by atoms with E-state index in [0.717, 1.165) is 25.7 Å². The van der Waals surface area contributed by atoms with Crippen molar-refractivity contribution in [3.63, 3.8) is 0 Å². The fraction of sp³-hybridized carbons (Fsp3) is 0.909. The van der Waals surface area contributed by atoms with Crippen molar-refractivity contribution < 1.29 is 9.90 Å². The van der Waals surface area contributed by atoms with E-state index in [2.05, 4.69) is 5.32 Å². The van der Waals surface area contributed by atoms with Crippen molar-refractivity contribution in [3.8, 4) is 0 Å². The van der Waals surface area contributed by atoms with Crippen LogP contribution < -0.4 is 11.1 Å². The average Bonchev–Trinajstić information content (AvgIpc) is 2.18. The molecule has 1 amide bonds. The molecule has 0 atom stereocenters. The quantitative estimate of drug-likeness (QED) is 0.537. The molecule has 0 aromatic heterocycles. The molecule has 1 aliphatic rings. The summed E-state index contributed by atoms with van der Waals surface area (Å²) in [4.78, 5) is 11.5. The summed E-state index contributed by atoms with van der Waals surface area (Å²) in [5.41, 5.74) is 5.78. The molecule has 0 aromatic carbocycles. The molecule has 0 aromatic rings. The SMILES string of the molecule is NCC1(CC(=O)NCCCCO)CCC1. The zero-order chi connectivity index (χ0) is 11.1. The van der Waals surface area contributed by atoms with Gasteiger partial charge in [-0.2, -0.15) is 0 Å². The van der Waals surface area contributed by atoms with E-state index in [9.17, 15) is 4.79 Å². The number of rotatable bonds is 7. The summed E-state index contributed by atoms with van der Waals surface area (Å²) in [5, 5.41) is 11.4. The third kappa shape index (κ3) is 3.80. The van der Waals surface area contributed by atoms with E-state index in [-0.39, 0.29) is 17.9 Å². The monoisotopic (exact) mass is 214 g/mol. The first kappa shape index (κ1) is 12.5. The Morgan fingerprint density at radius 3 is 2.60 bits per heavy atom. The minimum atomic E-state index is 0.0983. The summed E-state index contributed by atoms with van der Waals surface area (Å²) in [5.74, 6) is 0.109. The molecule has 1 rings (SSSR count). The summed E-state index contributed by atoms with van der Waals surface area (Å²) in [7, 11) is 0. The highest BCUT2D eigenvalue weighted by atomic mass is 16.2.